The van der Waals surface area contributed by atoms with Crippen LogP contribution in [-0.4, -0.2) is 47.4 Å². The van der Waals surface area contributed by atoms with Crippen molar-refractivity contribution in [3.8, 4) is 11.5 Å². The summed E-state index contributed by atoms with van der Waals surface area (Å²) in [7, 11) is 1.60. The van der Waals surface area contributed by atoms with Crippen LogP contribution >= 0.6 is 23.4 Å². The second-order valence-corrected chi connectivity index (χ2v) is 9.88. The number of aliphatic imine (C=N–C) groups is 1. The summed E-state index contributed by atoms with van der Waals surface area (Å²) in [4.78, 5) is 32.6. The van der Waals surface area contributed by atoms with E-state index in [-0.39, 0.29) is 18.2 Å². The van der Waals surface area contributed by atoms with Crippen molar-refractivity contribution in [3.05, 3.63) is 83.4 Å². The number of hydrogen-bond donors (Lipinski definition) is 1. The van der Waals surface area contributed by atoms with Gasteiger partial charge in [0.1, 0.15) is 16.7 Å². The summed E-state index contributed by atoms with van der Waals surface area (Å²) < 4.78 is 10.7. The first-order chi connectivity index (χ1) is 17.9. The molecule has 0 spiro atoms. The van der Waals surface area contributed by atoms with E-state index in [0.29, 0.717) is 46.9 Å². The van der Waals surface area contributed by atoms with Gasteiger partial charge in [0.05, 0.1) is 19.4 Å². The first-order valence-corrected chi connectivity index (χ1v) is 13.2. The number of methoxy groups -OCH3 is 1. The molecule has 0 aromatic heterocycles. The van der Waals surface area contributed by atoms with Crippen LogP contribution in [0, 0.1) is 0 Å². The molecule has 1 unspecified atom stereocenters. The number of carbonyl (C=O) groups excluding carboxylic acids is 2. The normalized spacial score (nSPS) is 16.2. The van der Waals surface area contributed by atoms with Crippen LogP contribution in [0.25, 0.3) is 0 Å². The highest BCUT2D eigenvalue weighted by Crippen LogP contribution is 2.32. The maximum Gasteiger partial charge on any atom is 0.242 e. The lowest BCUT2D eigenvalue weighted by atomic mass is 10.1. The van der Waals surface area contributed by atoms with Crippen molar-refractivity contribution in [1.29, 1.82) is 0 Å². The van der Waals surface area contributed by atoms with Gasteiger partial charge < -0.3 is 14.8 Å². The summed E-state index contributed by atoms with van der Waals surface area (Å²) in [5.41, 5.74) is 2.38. The topological polar surface area (TPSA) is 80.2 Å². The predicted octanol–water partition coefficient (Wildman–Crippen LogP) is 5.95. The standard InChI is InChI=1S/C28H28ClN3O4S/c1-3-36-24-6-4-5-22(17-24)30-26(33)18-25-27(34)32(16-15-19-7-9-20(29)10-8-19)28(37-25)31-21-11-13-23(35-2)14-12-21/h4-14,17,25H,3,15-16,18H2,1-2H3,(H,30,33). The van der Waals surface area contributed by atoms with Crippen molar-refractivity contribution in [2.24, 2.45) is 4.99 Å². The smallest absolute Gasteiger partial charge is 0.242 e. The van der Waals surface area contributed by atoms with E-state index in [4.69, 9.17) is 26.1 Å². The fraction of sp³-hybridized carbons (Fsp3) is 0.250. The van der Waals surface area contributed by atoms with Crippen molar-refractivity contribution >= 4 is 51.7 Å². The highest BCUT2D eigenvalue weighted by atomic mass is 35.5. The van der Waals surface area contributed by atoms with Gasteiger partial charge in [0.2, 0.25) is 11.8 Å². The van der Waals surface area contributed by atoms with Gasteiger partial charge in [0.15, 0.2) is 5.17 Å². The van der Waals surface area contributed by atoms with Crippen LogP contribution in [0.2, 0.25) is 5.02 Å². The quantitative estimate of drug-likeness (QED) is 0.345. The first-order valence-electron chi connectivity index (χ1n) is 11.9. The lowest BCUT2D eigenvalue weighted by Gasteiger charge is -2.16. The monoisotopic (exact) mass is 537 g/mol. The molecular weight excluding hydrogens is 510 g/mol. The number of carbonyl (C=O) groups is 2. The van der Waals surface area contributed by atoms with Gasteiger partial charge in [-0.15, -0.1) is 0 Å². The van der Waals surface area contributed by atoms with E-state index in [2.05, 4.69) is 5.32 Å². The molecule has 37 heavy (non-hydrogen) atoms. The van der Waals surface area contributed by atoms with Gasteiger partial charge >= 0.3 is 0 Å². The number of benzene rings is 3. The predicted molar refractivity (Wildman–Crippen MR) is 149 cm³/mol. The maximum absolute atomic E-state index is 13.4. The van der Waals surface area contributed by atoms with Gasteiger partial charge in [-0.25, -0.2) is 4.99 Å². The summed E-state index contributed by atoms with van der Waals surface area (Å²) in [5.74, 6) is 1.02. The average Bonchev–Trinajstić information content (AvgIpc) is 3.17. The molecule has 0 saturated carbocycles. The summed E-state index contributed by atoms with van der Waals surface area (Å²) in [6.45, 7) is 2.88. The van der Waals surface area contributed by atoms with E-state index < -0.39 is 5.25 Å². The van der Waals surface area contributed by atoms with Crippen molar-refractivity contribution in [2.75, 3.05) is 25.6 Å². The number of anilines is 1. The number of amidine groups is 1. The fourth-order valence-electron chi connectivity index (χ4n) is 3.80. The SMILES string of the molecule is CCOc1cccc(NC(=O)CC2SC(=Nc3ccc(OC)cc3)N(CCc3ccc(Cl)cc3)C2=O)c1. The van der Waals surface area contributed by atoms with Gasteiger partial charge in [-0.3, -0.25) is 14.5 Å². The summed E-state index contributed by atoms with van der Waals surface area (Å²) in [6.07, 6.45) is 0.662. The molecule has 3 aromatic carbocycles. The molecule has 2 amide bonds. The third-order valence-electron chi connectivity index (χ3n) is 5.65. The summed E-state index contributed by atoms with van der Waals surface area (Å²) in [5, 5.41) is 3.53. The van der Waals surface area contributed by atoms with E-state index in [1.807, 2.05) is 67.6 Å². The molecule has 7 nitrogen and oxygen atoms in total. The van der Waals surface area contributed by atoms with Crippen LogP contribution in [0.1, 0.15) is 18.9 Å². The Morgan fingerprint density at radius 2 is 1.84 bits per heavy atom. The third-order valence-corrected chi connectivity index (χ3v) is 7.08. The number of amides is 2. The van der Waals surface area contributed by atoms with Crippen molar-refractivity contribution in [2.45, 2.75) is 25.0 Å². The lowest BCUT2D eigenvalue weighted by Crippen LogP contribution is -2.35. The fourth-order valence-corrected chi connectivity index (χ4v) is 5.11. The van der Waals surface area contributed by atoms with Gasteiger partial charge in [0, 0.05) is 29.7 Å². The molecule has 1 aliphatic heterocycles. The molecule has 1 atom stereocenters. The number of thioether (sulfide) groups is 1. The van der Waals surface area contributed by atoms with Crippen LogP contribution in [0.15, 0.2) is 77.8 Å². The largest absolute Gasteiger partial charge is 0.497 e. The molecule has 0 aliphatic carbocycles. The Balaban J connectivity index is 1.49. The van der Waals surface area contributed by atoms with Crippen molar-refractivity contribution in [1.82, 2.24) is 4.90 Å². The Bertz CT molecular complexity index is 1270. The molecule has 3 aromatic rings. The van der Waals surface area contributed by atoms with Crippen LogP contribution < -0.4 is 14.8 Å². The number of nitrogens with zero attached hydrogens (tertiary/aromatic N) is 2. The van der Waals surface area contributed by atoms with Gasteiger partial charge in [-0.1, -0.05) is 41.6 Å². The van der Waals surface area contributed by atoms with Crippen LogP contribution in [-0.2, 0) is 16.0 Å². The van der Waals surface area contributed by atoms with Gasteiger partial charge in [-0.05, 0) is 67.4 Å². The Morgan fingerprint density at radius 1 is 1.08 bits per heavy atom. The molecular formula is C28H28ClN3O4S. The molecule has 1 fully saturated rings. The lowest BCUT2D eigenvalue weighted by molar-refractivity contribution is -0.128. The Kier molecular flexibility index (Phi) is 9.09. The van der Waals surface area contributed by atoms with E-state index in [1.54, 1.807) is 24.1 Å². The highest BCUT2D eigenvalue weighted by Gasteiger charge is 2.39. The van der Waals surface area contributed by atoms with Crippen LogP contribution in [0.5, 0.6) is 11.5 Å². The molecule has 1 aliphatic rings. The Hall–Kier alpha value is -3.49. The molecule has 1 heterocycles. The summed E-state index contributed by atoms with van der Waals surface area (Å²) >= 11 is 7.31. The second kappa shape index (κ2) is 12.7. The summed E-state index contributed by atoms with van der Waals surface area (Å²) in [6, 6.07) is 22.0. The van der Waals surface area contributed by atoms with Gasteiger partial charge in [-0.2, -0.15) is 0 Å². The molecule has 1 N–H and O–H groups in total. The van der Waals surface area contributed by atoms with Crippen LogP contribution in [0.3, 0.4) is 0 Å². The first kappa shape index (κ1) is 26.6. The second-order valence-electron chi connectivity index (χ2n) is 8.28. The number of ether oxygens (including phenoxy) is 2. The van der Waals surface area contributed by atoms with E-state index in [1.165, 1.54) is 11.8 Å². The average molecular weight is 538 g/mol. The van der Waals surface area contributed by atoms with Crippen molar-refractivity contribution < 1.29 is 19.1 Å². The number of halogens is 1. The minimum atomic E-state index is -0.572. The van der Waals surface area contributed by atoms with Gasteiger partial charge in [0.25, 0.3) is 0 Å². The number of rotatable bonds is 10. The zero-order chi connectivity index (χ0) is 26.2. The number of hydrogen-bond acceptors (Lipinski definition) is 6. The zero-order valence-corrected chi connectivity index (χ0v) is 22.2. The van der Waals surface area contributed by atoms with E-state index in [9.17, 15) is 9.59 Å². The van der Waals surface area contributed by atoms with Crippen LogP contribution in [0.4, 0.5) is 11.4 Å². The Morgan fingerprint density at radius 3 is 2.54 bits per heavy atom. The van der Waals surface area contributed by atoms with E-state index in [0.717, 1.165) is 11.3 Å². The van der Waals surface area contributed by atoms with E-state index >= 15 is 0 Å². The minimum Gasteiger partial charge on any atom is -0.497 e. The number of nitrogens with one attached hydrogen (secondary N) is 1. The molecule has 0 radical (unpaired) electrons. The maximum atomic E-state index is 13.4. The zero-order valence-electron chi connectivity index (χ0n) is 20.6. The third kappa shape index (κ3) is 7.27. The molecule has 1 saturated heterocycles. The molecule has 0 bridgehead atoms. The molecule has 9 heteroatoms. The Labute approximate surface area is 225 Å². The van der Waals surface area contributed by atoms with Crippen molar-refractivity contribution in [3.63, 3.8) is 0 Å². The molecule has 4 rings (SSSR count). The minimum absolute atomic E-state index is 0.0292. The molecule has 192 valence electrons. The highest BCUT2D eigenvalue weighted by molar-refractivity contribution is 8.15.